The molecule has 0 radical (unpaired) electrons. The Morgan fingerprint density at radius 1 is 1.43 bits per heavy atom. The minimum atomic E-state index is 0.0354. The Labute approximate surface area is 141 Å². The van der Waals surface area contributed by atoms with Crippen molar-refractivity contribution in [2.45, 2.75) is 39.3 Å². The van der Waals surface area contributed by atoms with E-state index in [0.717, 1.165) is 49.3 Å². The van der Waals surface area contributed by atoms with Crippen molar-refractivity contribution in [3.8, 4) is 10.4 Å². The van der Waals surface area contributed by atoms with Gasteiger partial charge in [-0.2, -0.15) is 0 Å². The number of rotatable bonds is 5. The number of hydrogen-bond donors (Lipinski definition) is 1. The summed E-state index contributed by atoms with van der Waals surface area (Å²) in [6.07, 6.45) is 2.25. The van der Waals surface area contributed by atoms with Gasteiger partial charge in [-0.1, -0.05) is 6.92 Å². The van der Waals surface area contributed by atoms with E-state index in [0.29, 0.717) is 6.10 Å². The first kappa shape index (κ1) is 16.4. The predicted molar refractivity (Wildman–Crippen MR) is 95.2 cm³/mol. The largest absolute Gasteiger partial charge is 0.380 e. The number of methoxy groups -OCH3 is 1. The van der Waals surface area contributed by atoms with Crippen LogP contribution >= 0.6 is 11.3 Å². The van der Waals surface area contributed by atoms with E-state index in [2.05, 4.69) is 22.0 Å². The number of H-pyrrole nitrogens is 1. The molecule has 0 saturated carbocycles. The Morgan fingerprint density at radius 3 is 2.96 bits per heavy atom. The normalized spacial score (nSPS) is 18.7. The molecule has 5 heteroatoms. The topological polar surface area (TPSA) is 45.3 Å². The molecule has 0 spiro atoms. The van der Waals surface area contributed by atoms with Gasteiger partial charge in [0.25, 0.3) is 5.56 Å². The van der Waals surface area contributed by atoms with Gasteiger partial charge in [0.05, 0.1) is 6.10 Å². The second-order valence-corrected chi connectivity index (χ2v) is 7.33. The number of aromatic amines is 1. The molecule has 1 fully saturated rings. The predicted octanol–water partition coefficient (Wildman–Crippen LogP) is 3.19. The molecule has 1 aliphatic rings. The zero-order chi connectivity index (χ0) is 16.4. The number of likely N-dealkylation sites (tertiary alicyclic amines) is 1. The summed E-state index contributed by atoms with van der Waals surface area (Å²) in [6, 6.07) is 6.42. The second kappa shape index (κ2) is 6.99. The molecule has 23 heavy (non-hydrogen) atoms. The van der Waals surface area contributed by atoms with Crippen LogP contribution in [0.15, 0.2) is 23.0 Å². The maximum atomic E-state index is 11.9. The number of ether oxygens (including phenoxy) is 1. The van der Waals surface area contributed by atoms with E-state index in [4.69, 9.17) is 4.74 Å². The van der Waals surface area contributed by atoms with E-state index >= 15 is 0 Å². The molecule has 3 heterocycles. The zero-order valence-electron chi connectivity index (χ0n) is 14.0. The first-order chi connectivity index (χ1) is 11.1. The zero-order valence-corrected chi connectivity index (χ0v) is 14.8. The molecular weight excluding hydrogens is 308 g/mol. The van der Waals surface area contributed by atoms with Gasteiger partial charge in [0.1, 0.15) is 0 Å². The minimum Gasteiger partial charge on any atom is -0.380 e. The Balaban J connectivity index is 1.78. The maximum Gasteiger partial charge on any atom is 0.251 e. The third-order valence-electron chi connectivity index (χ3n) is 4.57. The lowest BCUT2D eigenvalue weighted by molar-refractivity contribution is 0.107. The van der Waals surface area contributed by atoms with Gasteiger partial charge in [0, 0.05) is 53.3 Å². The summed E-state index contributed by atoms with van der Waals surface area (Å²) in [6.45, 7) is 7.08. The van der Waals surface area contributed by atoms with E-state index in [9.17, 15) is 4.79 Å². The first-order valence-corrected chi connectivity index (χ1v) is 8.99. The third kappa shape index (κ3) is 3.57. The van der Waals surface area contributed by atoms with Gasteiger partial charge in [-0.05, 0) is 38.0 Å². The Kier molecular flexibility index (Phi) is 4.99. The van der Waals surface area contributed by atoms with Crippen molar-refractivity contribution in [3.63, 3.8) is 0 Å². The second-order valence-electron chi connectivity index (χ2n) is 6.16. The number of nitrogens with one attached hydrogen (secondary N) is 1. The standard InChI is InChI=1S/C18H24N2O2S/c1-4-13-9-16(12(2)19-18(13)21)17-6-5-15(23-17)11-20-8-7-14(10-20)22-3/h5-6,9,14H,4,7-8,10-11H2,1-3H3,(H,19,21). The van der Waals surface area contributed by atoms with Gasteiger partial charge >= 0.3 is 0 Å². The molecule has 1 N–H and O–H groups in total. The van der Waals surface area contributed by atoms with E-state index in [1.165, 1.54) is 9.75 Å². The highest BCUT2D eigenvalue weighted by Gasteiger charge is 2.22. The quantitative estimate of drug-likeness (QED) is 0.914. The molecule has 4 nitrogen and oxygen atoms in total. The molecule has 3 rings (SSSR count). The van der Waals surface area contributed by atoms with Crippen LogP contribution in [0.25, 0.3) is 10.4 Å². The molecule has 2 aromatic heterocycles. The molecule has 124 valence electrons. The molecule has 0 aromatic carbocycles. The van der Waals surface area contributed by atoms with Crippen LogP contribution in [0, 0.1) is 6.92 Å². The highest BCUT2D eigenvalue weighted by Crippen LogP contribution is 2.31. The average molecular weight is 332 g/mol. The van der Waals surface area contributed by atoms with Crippen LogP contribution in [0.2, 0.25) is 0 Å². The van der Waals surface area contributed by atoms with Crippen molar-refractivity contribution in [2.24, 2.45) is 0 Å². The van der Waals surface area contributed by atoms with Gasteiger partial charge in [-0.15, -0.1) is 11.3 Å². The lowest BCUT2D eigenvalue weighted by Gasteiger charge is -2.14. The summed E-state index contributed by atoms with van der Waals surface area (Å²) in [7, 11) is 1.79. The van der Waals surface area contributed by atoms with Gasteiger partial charge in [-0.25, -0.2) is 0 Å². The smallest absolute Gasteiger partial charge is 0.251 e. The van der Waals surface area contributed by atoms with Crippen molar-refractivity contribution in [1.82, 2.24) is 9.88 Å². The van der Waals surface area contributed by atoms with Crippen LogP contribution < -0.4 is 5.56 Å². The van der Waals surface area contributed by atoms with Crippen molar-refractivity contribution >= 4 is 11.3 Å². The van der Waals surface area contributed by atoms with Crippen LogP contribution in [0.3, 0.4) is 0 Å². The SMILES string of the molecule is CCc1cc(-c2ccc(CN3CCC(OC)C3)s2)c(C)[nH]c1=O. The van der Waals surface area contributed by atoms with Crippen LogP contribution in [0.5, 0.6) is 0 Å². The lowest BCUT2D eigenvalue weighted by Crippen LogP contribution is -2.21. The summed E-state index contributed by atoms with van der Waals surface area (Å²) in [5.41, 5.74) is 2.98. The summed E-state index contributed by atoms with van der Waals surface area (Å²) in [5, 5.41) is 0. The summed E-state index contributed by atoms with van der Waals surface area (Å²) >= 11 is 1.82. The highest BCUT2D eigenvalue weighted by atomic mass is 32.1. The fourth-order valence-corrected chi connectivity index (χ4v) is 4.27. The van der Waals surface area contributed by atoms with Gasteiger partial charge in [0.2, 0.25) is 0 Å². The third-order valence-corrected chi connectivity index (χ3v) is 5.67. The molecular formula is C18H24N2O2S. The van der Waals surface area contributed by atoms with Crippen molar-refractivity contribution in [1.29, 1.82) is 0 Å². The van der Waals surface area contributed by atoms with Crippen LogP contribution in [0.4, 0.5) is 0 Å². The van der Waals surface area contributed by atoms with E-state index in [1.807, 2.05) is 31.3 Å². The lowest BCUT2D eigenvalue weighted by atomic mass is 10.1. The number of aryl methyl sites for hydroxylation is 2. The highest BCUT2D eigenvalue weighted by molar-refractivity contribution is 7.15. The Hall–Kier alpha value is -1.43. The number of nitrogens with zero attached hydrogens (tertiary/aromatic N) is 1. The molecule has 1 aliphatic heterocycles. The molecule has 2 aromatic rings. The van der Waals surface area contributed by atoms with Crippen molar-refractivity contribution in [2.75, 3.05) is 20.2 Å². The fourth-order valence-electron chi connectivity index (χ4n) is 3.15. The molecule has 0 bridgehead atoms. The molecule has 1 unspecified atom stereocenters. The number of aromatic nitrogens is 1. The minimum absolute atomic E-state index is 0.0354. The molecule has 0 amide bonds. The van der Waals surface area contributed by atoms with Gasteiger partial charge < -0.3 is 9.72 Å². The van der Waals surface area contributed by atoms with E-state index < -0.39 is 0 Å². The summed E-state index contributed by atoms with van der Waals surface area (Å²) in [5.74, 6) is 0. The van der Waals surface area contributed by atoms with Crippen LogP contribution in [0.1, 0.15) is 29.5 Å². The number of thiophene rings is 1. The Morgan fingerprint density at radius 2 is 2.26 bits per heavy atom. The van der Waals surface area contributed by atoms with Gasteiger partial charge in [0.15, 0.2) is 0 Å². The van der Waals surface area contributed by atoms with E-state index in [-0.39, 0.29) is 5.56 Å². The summed E-state index contributed by atoms with van der Waals surface area (Å²) < 4.78 is 5.43. The first-order valence-electron chi connectivity index (χ1n) is 8.17. The fraction of sp³-hybridized carbons (Fsp3) is 0.500. The van der Waals surface area contributed by atoms with Crippen LogP contribution in [-0.4, -0.2) is 36.2 Å². The van der Waals surface area contributed by atoms with E-state index in [1.54, 1.807) is 7.11 Å². The van der Waals surface area contributed by atoms with Gasteiger partial charge in [-0.3, -0.25) is 9.69 Å². The Bertz CT molecular complexity index is 735. The monoisotopic (exact) mass is 332 g/mol. The number of pyridine rings is 1. The summed E-state index contributed by atoms with van der Waals surface area (Å²) in [4.78, 5) is 19.9. The molecule has 1 atom stereocenters. The maximum absolute atomic E-state index is 11.9. The molecule has 1 saturated heterocycles. The van der Waals surface area contributed by atoms with Crippen molar-refractivity contribution < 1.29 is 4.74 Å². The van der Waals surface area contributed by atoms with Crippen molar-refractivity contribution in [3.05, 3.63) is 44.7 Å². The number of hydrogen-bond acceptors (Lipinski definition) is 4. The molecule has 0 aliphatic carbocycles. The average Bonchev–Trinajstić information content (AvgIpc) is 3.17. The van der Waals surface area contributed by atoms with Crippen LogP contribution in [-0.2, 0) is 17.7 Å².